The number of nitrogens with one attached hydrogen (secondary N) is 2. The predicted molar refractivity (Wildman–Crippen MR) is 119 cm³/mol. The summed E-state index contributed by atoms with van der Waals surface area (Å²) in [5.41, 5.74) is 3.29. The zero-order valence-corrected chi connectivity index (χ0v) is 19.4. The van der Waals surface area contributed by atoms with Crippen molar-refractivity contribution in [3.05, 3.63) is 36.2 Å². The second-order valence-electron chi connectivity index (χ2n) is 7.87. The molecule has 1 unspecified atom stereocenters. The lowest BCUT2D eigenvalue weighted by molar-refractivity contribution is -0.176. The van der Waals surface area contributed by atoms with E-state index in [1.54, 1.807) is 23.5 Å². The summed E-state index contributed by atoms with van der Waals surface area (Å²) >= 11 is 3.31. The minimum atomic E-state index is -0.332. The molecule has 0 aliphatic carbocycles. The van der Waals surface area contributed by atoms with Gasteiger partial charge in [0.15, 0.2) is 0 Å². The summed E-state index contributed by atoms with van der Waals surface area (Å²) in [5.74, 6) is 0.823. The lowest BCUT2D eigenvalue weighted by Gasteiger charge is -2.20. The predicted octanol–water partition coefficient (Wildman–Crippen LogP) is 4.88. The van der Waals surface area contributed by atoms with Crippen LogP contribution in [0, 0.1) is 5.41 Å². The van der Waals surface area contributed by atoms with Crippen molar-refractivity contribution in [3.63, 3.8) is 0 Å². The van der Waals surface area contributed by atoms with Crippen LogP contribution in [0.4, 0.5) is 0 Å². The van der Waals surface area contributed by atoms with Gasteiger partial charge >= 0.3 is 0 Å². The highest BCUT2D eigenvalue weighted by molar-refractivity contribution is 8.01. The van der Waals surface area contributed by atoms with Crippen LogP contribution in [-0.4, -0.2) is 40.9 Å². The Kier molecular flexibility index (Phi) is 12.6. The van der Waals surface area contributed by atoms with E-state index in [2.05, 4.69) is 68.2 Å². The summed E-state index contributed by atoms with van der Waals surface area (Å²) < 4.78 is -0.332. The number of thioether (sulfide) groups is 2. The molecule has 1 heterocycles. The fourth-order valence-electron chi connectivity index (χ4n) is 2.26. The molecule has 8 heteroatoms. The van der Waals surface area contributed by atoms with E-state index < -0.39 is 0 Å². The van der Waals surface area contributed by atoms with Crippen LogP contribution in [0.3, 0.4) is 0 Å². The molecule has 0 fully saturated rings. The number of carbonyl (C=O) groups is 1. The van der Waals surface area contributed by atoms with Gasteiger partial charge in [-0.2, -0.15) is 0 Å². The monoisotopic (exact) mass is 430 g/mol. The zero-order chi connectivity index (χ0) is 21.8. The summed E-state index contributed by atoms with van der Waals surface area (Å²) in [5, 5.41) is 15.0. The van der Waals surface area contributed by atoms with Gasteiger partial charge in [-0.15, -0.1) is 29.0 Å². The van der Waals surface area contributed by atoms with Crippen LogP contribution in [0.5, 0.6) is 0 Å². The summed E-state index contributed by atoms with van der Waals surface area (Å²) in [6.45, 7) is 10.5. The first-order valence-corrected chi connectivity index (χ1v) is 10.9. The van der Waals surface area contributed by atoms with Crippen molar-refractivity contribution < 1.29 is 20.1 Å². The fraction of sp³-hybridized carbons (Fsp3) is 0.550. The van der Waals surface area contributed by atoms with Crippen molar-refractivity contribution in [2.24, 2.45) is 5.41 Å². The molecule has 0 amide bonds. The van der Waals surface area contributed by atoms with Gasteiger partial charge in [0.1, 0.15) is 6.29 Å². The molecule has 4 N–H and O–H groups in total. The highest BCUT2D eigenvalue weighted by Gasteiger charge is 2.22. The number of aldehydes is 1. The van der Waals surface area contributed by atoms with Crippen molar-refractivity contribution in [1.29, 1.82) is 0 Å². The van der Waals surface area contributed by atoms with Gasteiger partial charge < -0.3 is 14.9 Å². The van der Waals surface area contributed by atoms with E-state index in [4.69, 9.17) is 15.4 Å². The average Bonchev–Trinajstić information content (AvgIpc) is 3.10. The standard InChI is InChI=1S/C11H14OS2.C9H18N2O.H2O2/c1-11(2,8-12)14-10-6-4-9(13-3)5-7-10;1-9(2,3)6-7-5-8(10-4)12-11-7;1-2/h4-8H,1-3H3;5,7,10-11H,6H2,1-4H3;1-2H. The maximum Gasteiger partial charge on any atom is 0.209 e. The van der Waals surface area contributed by atoms with Crippen LogP contribution in [0.25, 0.3) is 0 Å². The topological polar surface area (TPSA) is 90.8 Å². The minimum Gasteiger partial charge on any atom is -0.391 e. The Labute approximate surface area is 177 Å². The van der Waals surface area contributed by atoms with Gasteiger partial charge in [0.25, 0.3) is 0 Å². The molecule has 1 aromatic carbocycles. The van der Waals surface area contributed by atoms with Crippen molar-refractivity contribution in [1.82, 2.24) is 10.8 Å². The summed E-state index contributed by atoms with van der Waals surface area (Å²) in [4.78, 5) is 18.3. The van der Waals surface area contributed by atoms with Gasteiger partial charge in [-0.1, -0.05) is 20.8 Å². The molecule has 1 aliphatic heterocycles. The summed E-state index contributed by atoms with van der Waals surface area (Å²) in [6, 6.07) is 8.61. The summed E-state index contributed by atoms with van der Waals surface area (Å²) in [7, 11) is 1.85. The normalized spacial score (nSPS) is 15.9. The van der Waals surface area contributed by atoms with Crippen LogP contribution in [0.15, 0.2) is 46.0 Å². The number of benzene rings is 1. The van der Waals surface area contributed by atoms with Crippen LogP contribution < -0.4 is 10.8 Å². The van der Waals surface area contributed by atoms with Crippen molar-refractivity contribution >= 4 is 29.8 Å². The van der Waals surface area contributed by atoms with Gasteiger partial charge in [-0.25, -0.2) is 0 Å². The SMILES string of the molecule is CNC1=CC(CC(C)(C)C)NO1.CSc1ccc(SC(C)(C)C=O)cc1.OO. The molecule has 0 radical (unpaired) electrons. The summed E-state index contributed by atoms with van der Waals surface area (Å²) in [6.07, 6.45) is 6.20. The Balaban J connectivity index is 0.000000483. The molecular formula is C20H34N2O4S2. The second kappa shape index (κ2) is 13.1. The van der Waals surface area contributed by atoms with Crippen LogP contribution in [0.1, 0.15) is 41.0 Å². The molecule has 0 bridgehead atoms. The molecule has 28 heavy (non-hydrogen) atoms. The average molecular weight is 431 g/mol. The van der Waals surface area contributed by atoms with Crippen LogP contribution in [-0.2, 0) is 9.63 Å². The van der Waals surface area contributed by atoms with Crippen LogP contribution >= 0.6 is 23.5 Å². The minimum absolute atomic E-state index is 0.332. The maximum atomic E-state index is 10.7. The lowest BCUT2D eigenvalue weighted by Crippen LogP contribution is -2.26. The van der Waals surface area contributed by atoms with Gasteiger partial charge in [-0.3, -0.25) is 10.5 Å². The number of rotatable bonds is 6. The molecule has 0 aromatic heterocycles. The molecule has 160 valence electrons. The third kappa shape index (κ3) is 11.6. The van der Waals surface area contributed by atoms with Crippen molar-refractivity contribution in [3.8, 4) is 0 Å². The number of hydroxylamine groups is 1. The molecule has 2 rings (SSSR count). The number of hydrogen-bond acceptors (Lipinski definition) is 8. The molecule has 1 atom stereocenters. The van der Waals surface area contributed by atoms with E-state index >= 15 is 0 Å². The maximum absolute atomic E-state index is 10.7. The third-order valence-electron chi connectivity index (χ3n) is 3.48. The van der Waals surface area contributed by atoms with E-state index in [9.17, 15) is 4.79 Å². The number of hydrogen-bond donors (Lipinski definition) is 4. The van der Waals surface area contributed by atoms with E-state index in [1.807, 2.05) is 20.9 Å². The first-order chi connectivity index (χ1) is 13.1. The Morgan fingerprint density at radius 1 is 1.14 bits per heavy atom. The Morgan fingerprint density at radius 2 is 1.68 bits per heavy atom. The third-order valence-corrected chi connectivity index (χ3v) is 5.35. The van der Waals surface area contributed by atoms with Gasteiger partial charge in [0, 0.05) is 16.8 Å². The smallest absolute Gasteiger partial charge is 0.209 e. The van der Waals surface area contributed by atoms with Gasteiger partial charge in [0.05, 0.1) is 10.8 Å². The van der Waals surface area contributed by atoms with Gasteiger partial charge in [-0.05, 0) is 62.3 Å². The first-order valence-electron chi connectivity index (χ1n) is 8.90. The molecule has 1 aromatic rings. The second-order valence-corrected chi connectivity index (χ2v) is 10.5. The van der Waals surface area contributed by atoms with Gasteiger partial charge in [0.2, 0.25) is 5.88 Å². The molecule has 0 spiro atoms. The Morgan fingerprint density at radius 3 is 2.07 bits per heavy atom. The zero-order valence-electron chi connectivity index (χ0n) is 17.8. The first kappa shape index (κ1) is 26.8. The van der Waals surface area contributed by atoms with Crippen molar-refractivity contribution in [2.75, 3.05) is 13.3 Å². The largest absolute Gasteiger partial charge is 0.391 e. The Hall–Kier alpha value is -1.19. The highest BCUT2D eigenvalue weighted by Crippen LogP contribution is 2.31. The number of carbonyl (C=O) groups excluding carboxylic acids is 1. The highest BCUT2D eigenvalue weighted by atomic mass is 32.2. The molecule has 0 saturated carbocycles. The molecular weight excluding hydrogens is 396 g/mol. The molecule has 0 saturated heterocycles. The van der Waals surface area contributed by atoms with E-state index in [1.165, 1.54) is 4.90 Å². The van der Waals surface area contributed by atoms with Crippen LogP contribution in [0.2, 0.25) is 0 Å². The quantitative estimate of drug-likeness (QED) is 0.220. The van der Waals surface area contributed by atoms with Crippen molar-refractivity contribution in [2.45, 2.75) is 61.6 Å². The lowest BCUT2D eigenvalue weighted by atomic mass is 9.88. The van der Waals surface area contributed by atoms with E-state index in [0.29, 0.717) is 11.5 Å². The molecule has 1 aliphatic rings. The Bertz CT molecular complexity index is 599. The molecule has 6 nitrogen and oxygen atoms in total. The fourth-order valence-corrected chi connectivity index (χ4v) is 3.59. The van der Waals surface area contributed by atoms with E-state index in [-0.39, 0.29) is 4.75 Å². The van der Waals surface area contributed by atoms with E-state index in [0.717, 1.165) is 23.5 Å².